The van der Waals surface area contributed by atoms with E-state index in [0.29, 0.717) is 72.1 Å². The second-order valence-corrected chi connectivity index (χ2v) is 7.97. The van der Waals surface area contributed by atoms with Crippen molar-refractivity contribution in [1.82, 2.24) is 10.5 Å². The monoisotopic (exact) mass is 472 g/mol. The zero-order valence-electron chi connectivity index (χ0n) is 18.7. The Hall–Kier alpha value is -3.39. The van der Waals surface area contributed by atoms with E-state index in [0.717, 1.165) is 16.8 Å². The van der Waals surface area contributed by atoms with Crippen molar-refractivity contribution in [2.45, 2.75) is 26.9 Å². The van der Waals surface area contributed by atoms with Gasteiger partial charge in [0.2, 0.25) is 0 Å². The number of methoxy groups -OCH3 is 1. The number of halogens is 1. The first kappa shape index (κ1) is 22.8. The molecule has 1 aliphatic heterocycles. The van der Waals surface area contributed by atoms with Crippen molar-refractivity contribution in [2.24, 2.45) is 0 Å². The molecule has 1 amide bonds. The van der Waals surface area contributed by atoms with Gasteiger partial charge >= 0.3 is 0 Å². The number of benzene rings is 2. The molecule has 1 aromatic heterocycles. The zero-order chi connectivity index (χ0) is 23.4. The summed E-state index contributed by atoms with van der Waals surface area (Å²) in [6, 6.07) is 8.78. The van der Waals surface area contributed by atoms with E-state index in [9.17, 15) is 4.79 Å². The van der Waals surface area contributed by atoms with Gasteiger partial charge in [0.25, 0.3) is 5.91 Å². The van der Waals surface area contributed by atoms with Crippen LogP contribution >= 0.6 is 11.6 Å². The average molecular weight is 473 g/mol. The van der Waals surface area contributed by atoms with Crippen molar-refractivity contribution in [3.8, 4) is 23.0 Å². The molecule has 33 heavy (non-hydrogen) atoms. The third-order valence-corrected chi connectivity index (χ3v) is 5.62. The van der Waals surface area contributed by atoms with Gasteiger partial charge in [-0.1, -0.05) is 16.8 Å². The number of fused-ring (bicyclic) bond motifs is 1. The van der Waals surface area contributed by atoms with Gasteiger partial charge < -0.3 is 28.8 Å². The molecular formula is C24H25ClN2O6. The van der Waals surface area contributed by atoms with Crippen LogP contribution in [-0.4, -0.2) is 37.9 Å². The molecule has 8 nitrogen and oxygen atoms in total. The highest BCUT2D eigenvalue weighted by Gasteiger charge is 2.17. The molecule has 0 radical (unpaired) electrons. The van der Waals surface area contributed by atoms with E-state index in [2.05, 4.69) is 10.5 Å². The Labute approximate surface area is 196 Å². The maximum absolute atomic E-state index is 12.6. The Kier molecular flexibility index (Phi) is 6.93. The first-order valence-electron chi connectivity index (χ1n) is 10.5. The number of rotatable bonds is 8. The molecule has 0 unspecified atom stereocenters. The van der Waals surface area contributed by atoms with Gasteiger partial charge in [0.1, 0.15) is 25.6 Å². The minimum Gasteiger partial charge on any atom is -0.493 e. The fourth-order valence-corrected chi connectivity index (χ4v) is 3.80. The van der Waals surface area contributed by atoms with Crippen LogP contribution in [0.3, 0.4) is 0 Å². The molecule has 4 rings (SSSR count). The SMILES string of the molecule is COc1cc(C(=O)NCCc2cc(Cl)c3c(c2)OCCO3)ccc1OCc1c(C)noc1C. The highest BCUT2D eigenvalue weighted by Crippen LogP contribution is 2.38. The van der Waals surface area contributed by atoms with Gasteiger partial charge in [-0.05, 0) is 56.2 Å². The Morgan fingerprint density at radius 1 is 1.15 bits per heavy atom. The molecule has 3 aromatic rings. The zero-order valence-corrected chi connectivity index (χ0v) is 19.5. The van der Waals surface area contributed by atoms with Gasteiger partial charge in [0.15, 0.2) is 23.0 Å². The molecular weight excluding hydrogens is 448 g/mol. The standard InChI is InChI=1S/C24H25ClN2O6/c1-14-18(15(2)33-27-14)13-32-20-5-4-17(12-21(20)29-3)24(28)26-7-6-16-10-19(25)23-22(11-16)30-8-9-31-23/h4-5,10-12H,6-9,13H2,1-3H3,(H,26,28). The van der Waals surface area contributed by atoms with Crippen molar-refractivity contribution in [2.75, 3.05) is 26.9 Å². The molecule has 9 heteroatoms. The summed E-state index contributed by atoms with van der Waals surface area (Å²) in [5.74, 6) is 2.69. The summed E-state index contributed by atoms with van der Waals surface area (Å²) in [5, 5.41) is 7.35. The molecule has 0 fully saturated rings. The predicted octanol–water partition coefficient (Wildman–Crippen LogP) is 4.28. The van der Waals surface area contributed by atoms with Crippen LogP contribution in [0.5, 0.6) is 23.0 Å². The topological polar surface area (TPSA) is 92.1 Å². The first-order valence-corrected chi connectivity index (χ1v) is 10.9. The van der Waals surface area contributed by atoms with Gasteiger partial charge in [-0.2, -0.15) is 0 Å². The number of nitrogens with one attached hydrogen (secondary N) is 1. The summed E-state index contributed by atoms with van der Waals surface area (Å²) in [7, 11) is 1.53. The predicted molar refractivity (Wildman–Crippen MR) is 122 cm³/mol. The summed E-state index contributed by atoms with van der Waals surface area (Å²) in [4.78, 5) is 12.6. The fourth-order valence-electron chi connectivity index (χ4n) is 3.52. The molecule has 0 saturated carbocycles. The lowest BCUT2D eigenvalue weighted by molar-refractivity contribution is 0.0953. The number of nitrogens with zero attached hydrogens (tertiary/aromatic N) is 1. The third-order valence-electron chi connectivity index (χ3n) is 5.33. The van der Waals surface area contributed by atoms with E-state index >= 15 is 0 Å². The second-order valence-electron chi connectivity index (χ2n) is 7.56. The minimum atomic E-state index is -0.214. The van der Waals surface area contributed by atoms with E-state index in [4.69, 9.17) is 35.1 Å². The third kappa shape index (κ3) is 5.17. The van der Waals surface area contributed by atoms with E-state index in [-0.39, 0.29) is 5.91 Å². The molecule has 2 heterocycles. The van der Waals surface area contributed by atoms with Crippen LogP contribution in [0.4, 0.5) is 0 Å². The summed E-state index contributed by atoms with van der Waals surface area (Å²) in [6.45, 7) is 5.39. The molecule has 1 N–H and O–H groups in total. The van der Waals surface area contributed by atoms with Gasteiger partial charge in [0.05, 0.1) is 23.4 Å². The van der Waals surface area contributed by atoms with E-state index < -0.39 is 0 Å². The van der Waals surface area contributed by atoms with Gasteiger partial charge in [-0.25, -0.2) is 0 Å². The van der Waals surface area contributed by atoms with Crippen molar-refractivity contribution >= 4 is 17.5 Å². The summed E-state index contributed by atoms with van der Waals surface area (Å²) < 4.78 is 27.6. The van der Waals surface area contributed by atoms with Crippen LogP contribution in [0.1, 0.15) is 32.9 Å². The summed E-state index contributed by atoms with van der Waals surface area (Å²) in [5.41, 5.74) is 3.09. The van der Waals surface area contributed by atoms with Crippen LogP contribution in [-0.2, 0) is 13.0 Å². The highest BCUT2D eigenvalue weighted by molar-refractivity contribution is 6.32. The van der Waals surface area contributed by atoms with Crippen molar-refractivity contribution < 1.29 is 28.3 Å². The van der Waals surface area contributed by atoms with Crippen LogP contribution in [0.25, 0.3) is 0 Å². The lowest BCUT2D eigenvalue weighted by Gasteiger charge is -2.20. The van der Waals surface area contributed by atoms with Crippen LogP contribution < -0.4 is 24.3 Å². The molecule has 174 valence electrons. The van der Waals surface area contributed by atoms with Gasteiger partial charge in [0, 0.05) is 12.1 Å². The Bertz CT molecular complexity index is 1140. The lowest BCUT2D eigenvalue weighted by atomic mass is 10.1. The van der Waals surface area contributed by atoms with E-state index in [1.807, 2.05) is 26.0 Å². The van der Waals surface area contributed by atoms with Crippen molar-refractivity contribution in [1.29, 1.82) is 0 Å². The first-order chi connectivity index (χ1) is 16.0. The molecule has 0 spiro atoms. The Morgan fingerprint density at radius 2 is 1.97 bits per heavy atom. The maximum Gasteiger partial charge on any atom is 0.251 e. The number of aryl methyl sites for hydroxylation is 2. The Morgan fingerprint density at radius 3 is 2.73 bits per heavy atom. The van der Waals surface area contributed by atoms with Crippen molar-refractivity contribution in [3.05, 3.63) is 63.5 Å². The fraction of sp³-hybridized carbons (Fsp3) is 0.333. The van der Waals surface area contributed by atoms with Crippen LogP contribution in [0.15, 0.2) is 34.9 Å². The number of hydrogen-bond donors (Lipinski definition) is 1. The molecule has 0 bridgehead atoms. The molecule has 2 aromatic carbocycles. The normalized spacial score (nSPS) is 12.4. The number of carbonyl (C=O) groups excluding carboxylic acids is 1. The van der Waals surface area contributed by atoms with Crippen molar-refractivity contribution in [3.63, 3.8) is 0 Å². The van der Waals surface area contributed by atoms with E-state index in [1.54, 1.807) is 18.2 Å². The average Bonchev–Trinajstić information content (AvgIpc) is 3.14. The largest absolute Gasteiger partial charge is 0.493 e. The van der Waals surface area contributed by atoms with Crippen LogP contribution in [0, 0.1) is 13.8 Å². The smallest absolute Gasteiger partial charge is 0.251 e. The lowest BCUT2D eigenvalue weighted by Crippen LogP contribution is -2.25. The van der Waals surface area contributed by atoms with E-state index in [1.165, 1.54) is 7.11 Å². The number of hydrogen-bond acceptors (Lipinski definition) is 7. The number of carbonyl (C=O) groups is 1. The molecule has 0 saturated heterocycles. The quantitative estimate of drug-likeness (QED) is 0.523. The minimum absolute atomic E-state index is 0.214. The Balaban J connectivity index is 1.36. The number of aromatic nitrogens is 1. The van der Waals surface area contributed by atoms with Gasteiger partial charge in [-0.15, -0.1) is 0 Å². The second kappa shape index (κ2) is 10.0. The molecule has 1 aliphatic rings. The molecule has 0 atom stereocenters. The van der Waals surface area contributed by atoms with Crippen LogP contribution in [0.2, 0.25) is 5.02 Å². The summed E-state index contributed by atoms with van der Waals surface area (Å²) >= 11 is 6.28. The number of amides is 1. The summed E-state index contributed by atoms with van der Waals surface area (Å²) in [6.07, 6.45) is 0.595. The maximum atomic E-state index is 12.6. The highest BCUT2D eigenvalue weighted by atomic mass is 35.5. The van der Waals surface area contributed by atoms with Gasteiger partial charge in [-0.3, -0.25) is 4.79 Å². The molecule has 0 aliphatic carbocycles. The number of ether oxygens (including phenoxy) is 4.